The molecule has 3 nitrogen and oxygen atoms in total. The quantitative estimate of drug-likeness (QED) is 0.843. The fraction of sp³-hybridized carbons (Fsp3) is 0.385. The summed E-state index contributed by atoms with van der Waals surface area (Å²) in [6.45, 7) is 6.31. The Bertz CT molecular complexity index is 589. The van der Waals surface area contributed by atoms with Gasteiger partial charge in [0.1, 0.15) is 4.64 Å². The van der Waals surface area contributed by atoms with Gasteiger partial charge >= 0.3 is 0 Å². The summed E-state index contributed by atoms with van der Waals surface area (Å²) in [7, 11) is 0. The Balaban J connectivity index is 2.66. The van der Waals surface area contributed by atoms with E-state index in [1.165, 1.54) is 0 Å². The van der Waals surface area contributed by atoms with Crippen molar-refractivity contribution in [3.05, 3.63) is 34.6 Å². The van der Waals surface area contributed by atoms with Crippen molar-refractivity contribution in [2.45, 2.75) is 33.2 Å². The van der Waals surface area contributed by atoms with Crippen molar-refractivity contribution in [1.29, 1.82) is 0 Å². The first-order chi connectivity index (χ1) is 8.13. The van der Waals surface area contributed by atoms with Crippen molar-refractivity contribution < 1.29 is 0 Å². The standard InChI is InChI=1S/C13H17N3S/c1-4-10(3)15-16-12-11(6-5-7-14-12)8-9(2)13(16)17/h5-8,10,15H,4H2,1-3H3. The highest BCUT2D eigenvalue weighted by molar-refractivity contribution is 7.71. The molecule has 0 aromatic carbocycles. The van der Waals surface area contributed by atoms with Crippen molar-refractivity contribution in [3.8, 4) is 0 Å². The molecule has 4 heteroatoms. The van der Waals surface area contributed by atoms with Crippen molar-refractivity contribution in [3.63, 3.8) is 0 Å². The summed E-state index contributed by atoms with van der Waals surface area (Å²) in [5.74, 6) is 0. The SMILES string of the molecule is CCC(C)Nn1c(=S)c(C)cc2cccnc21. The Morgan fingerprint density at radius 2 is 2.29 bits per heavy atom. The Morgan fingerprint density at radius 3 is 3.00 bits per heavy atom. The van der Waals surface area contributed by atoms with Crippen molar-refractivity contribution in [2.24, 2.45) is 0 Å². The normalized spacial score (nSPS) is 12.6. The minimum Gasteiger partial charge on any atom is -0.320 e. The summed E-state index contributed by atoms with van der Waals surface area (Å²) in [6.07, 6.45) is 2.84. The fourth-order valence-corrected chi connectivity index (χ4v) is 1.91. The second-order valence-corrected chi connectivity index (χ2v) is 4.71. The minimum atomic E-state index is 0.369. The van der Waals surface area contributed by atoms with Crippen LogP contribution >= 0.6 is 12.2 Å². The molecule has 0 aliphatic heterocycles. The molecular formula is C13H17N3S. The average molecular weight is 247 g/mol. The first kappa shape index (κ1) is 12.0. The number of hydrogen-bond acceptors (Lipinski definition) is 3. The van der Waals surface area contributed by atoms with Gasteiger partial charge in [0.15, 0.2) is 5.65 Å². The number of aromatic nitrogens is 2. The topological polar surface area (TPSA) is 29.9 Å². The van der Waals surface area contributed by atoms with Gasteiger partial charge in [-0.3, -0.25) is 0 Å². The van der Waals surface area contributed by atoms with Crippen LogP contribution in [0, 0.1) is 11.6 Å². The highest BCUT2D eigenvalue weighted by Gasteiger charge is 2.06. The molecule has 2 heterocycles. The van der Waals surface area contributed by atoms with Gasteiger partial charge in [-0.15, -0.1) is 0 Å². The molecular weight excluding hydrogens is 230 g/mol. The fourth-order valence-electron chi connectivity index (χ4n) is 1.71. The Morgan fingerprint density at radius 1 is 1.53 bits per heavy atom. The van der Waals surface area contributed by atoms with E-state index in [1.54, 1.807) is 6.20 Å². The molecule has 0 radical (unpaired) electrons. The van der Waals surface area contributed by atoms with Gasteiger partial charge in [0.2, 0.25) is 0 Å². The number of nitrogens with one attached hydrogen (secondary N) is 1. The lowest BCUT2D eigenvalue weighted by Crippen LogP contribution is -2.26. The largest absolute Gasteiger partial charge is 0.320 e. The lowest BCUT2D eigenvalue weighted by atomic mass is 10.2. The number of fused-ring (bicyclic) bond motifs is 1. The van der Waals surface area contributed by atoms with Gasteiger partial charge in [-0.05, 0) is 44.0 Å². The predicted molar refractivity (Wildman–Crippen MR) is 74.4 cm³/mol. The van der Waals surface area contributed by atoms with Crippen LogP contribution in [0.25, 0.3) is 11.0 Å². The lowest BCUT2D eigenvalue weighted by molar-refractivity contribution is 0.666. The minimum absolute atomic E-state index is 0.369. The highest BCUT2D eigenvalue weighted by Crippen LogP contribution is 2.14. The molecule has 0 bridgehead atoms. The molecule has 0 spiro atoms. The molecule has 0 saturated heterocycles. The van der Waals surface area contributed by atoms with E-state index >= 15 is 0 Å². The molecule has 2 aromatic heterocycles. The number of rotatable bonds is 3. The van der Waals surface area contributed by atoms with Crippen LogP contribution in [0.5, 0.6) is 0 Å². The van der Waals surface area contributed by atoms with Gasteiger partial charge in [0.25, 0.3) is 0 Å². The van der Waals surface area contributed by atoms with Crippen LogP contribution in [0.3, 0.4) is 0 Å². The van der Waals surface area contributed by atoms with E-state index in [1.807, 2.05) is 17.7 Å². The summed E-state index contributed by atoms with van der Waals surface area (Å²) in [4.78, 5) is 4.40. The maximum atomic E-state index is 5.45. The molecule has 2 rings (SSSR count). The van der Waals surface area contributed by atoms with Gasteiger partial charge < -0.3 is 5.43 Å². The molecule has 0 amide bonds. The molecule has 2 aromatic rings. The summed E-state index contributed by atoms with van der Waals surface area (Å²) < 4.78 is 2.73. The van der Waals surface area contributed by atoms with Gasteiger partial charge in [0.05, 0.1) is 0 Å². The van der Waals surface area contributed by atoms with Crippen LogP contribution in [0.1, 0.15) is 25.8 Å². The second-order valence-electron chi connectivity index (χ2n) is 4.32. The summed E-state index contributed by atoms with van der Waals surface area (Å²) in [5.41, 5.74) is 5.38. The Kier molecular flexibility index (Phi) is 3.43. The third-order valence-corrected chi connectivity index (χ3v) is 3.41. The summed E-state index contributed by atoms with van der Waals surface area (Å²) in [5, 5.41) is 1.11. The Labute approximate surface area is 106 Å². The molecule has 0 aliphatic carbocycles. The molecule has 0 saturated carbocycles. The summed E-state index contributed by atoms with van der Waals surface area (Å²) in [6, 6.07) is 6.45. The first-order valence-electron chi connectivity index (χ1n) is 5.87. The molecule has 1 unspecified atom stereocenters. The molecule has 0 aliphatic rings. The van der Waals surface area contributed by atoms with E-state index < -0.39 is 0 Å². The van der Waals surface area contributed by atoms with Gasteiger partial charge in [-0.2, -0.15) is 0 Å². The number of aryl methyl sites for hydroxylation is 1. The maximum Gasteiger partial charge on any atom is 0.159 e. The molecule has 1 N–H and O–H groups in total. The van der Waals surface area contributed by atoms with Crippen LogP contribution < -0.4 is 5.43 Å². The van der Waals surface area contributed by atoms with E-state index in [9.17, 15) is 0 Å². The molecule has 17 heavy (non-hydrogen) atoms. The van der Waals surface area contributed by atoms with Crippen LogP contribution in [-0.2, 0) is 0 Å². The van der Waals surface area contributed by atoms with Crippen LogP contribution in [-0.4, -0.2) is 15.7 Å². The van der Waals surface area contributed by atoms with E-state index in [-0.39, 0.29) is 0 Å². The lowest BCUT2D eigenvalue weighted by Gasteiger charge is -2.18. The van der Waals surface area contributed by atoms with Crippen LogP contribution in [0.4, 0.5) is 0 Å². The molecule has 90 valence electrons. The summed E-state index contributed by atoms with van der Waals surface area (Å²) >= 11 is 5.45. The van der Waals surface area contributed by atoms with E-state index in [0.29, 0.717) is 6.04 Å². The third-order valence-electron chi connectivity index (χ3n) is 2.90. The highest BCUT2D eigenvalue weighted by atomic mass is 32.1. The number of nitrogens with zero attached hydrogens (tertiary/aromatic N) is 2. The van der Waals surface area contributed by atoms with E-state index in [4.69, 9.17) is 12.2 Å². The van der Waals surface area contributed by atoms with E-state index in [2.05, 4.69) is 36.4 Å². The molecule has 0 fully saturated rings. The number of pyridine rings is 2. The smallest absolute Gasteiger partial charge is 0.159 e. The van der Waals surface area contributed by atoms with Crippen molar-refractivity contribution in [1.82, 2.24) is 9.66 Å². The average Bonchev–Trinajstić information content (AvgIpc) is 2.34. The van der Waals surface area contributed by atoms with Crippen molar-refractivity contribution >= 4 is 23.3 Å². The Hall–Kier alpha value is -1.42. The zero-order chi connectivity index (χ0) is 12.4. The van der Waals surface area contributed by atoms with Crippen LogP contribution in [0.2, 0.25) is 0 Å². The third kappa shape index (κ3) is 2.31. The van der Waals surface area contributed by atoms with Crippen molar-refractivity contribution in [2.75, 3.05) is 5.43 Å². The molecule has 1 atom stereocenters. The van der Waals surface area contributed by atoms with Gasteiger partial charge in [-0.1, -0.05) is 19.1 Å². The monoisotopic (exact) mass is 247 g/mol. The second kappa shape index (κ2) is 4.84. The van der Waals surface area contributed by atoms with Gasteiger partial charge in [0, 0.05) is 17.6 Å². The first-order valence-corrected chi connectivity index (χ1v) is 6.28. The zero-order valence-electron chi connectivity index (χ0n) is 10.4. The van der Waals surface area contributed by atoms with Crippen LogP contribution in [0.15, 0.2) is 24.4 Å². The zero-order valence-corrected chi connectivity index (χ0v) is 11.2. The van der Waals surface area contributed by atoms with Gasteiger partial charge in [-0.25, -0.2) is 9.66 Å². The predicted octanol–water partition coefficient (Wildman–Crippen LogP) is 3.42. The van der Waals surface area contributed by atoms with E-state index in [0.717, 1.165) is 27.7 Å². The maximum absolute atomic E-state index is 5.45. The number of hydrogen-bond donors (Lipinski definition) is 1.